The highest BCUT2D eigenvalue weighted by Crippen LogP contribution is 2.22. The summed E-state index contributed by atoms with van der Waals surface area (Å²) in [6.07, 6.45) is 0.854. The molecule has 3 rings (SSSR count). The summed E-state index contributed by atoms with van der Waals surface area (Å²) in [5, 5.41) is 0.803. The van der Waals surface area contributed by atoms with Gasteiger partial charge in [-0.25, -0.2) is 0 Å². The lowest BCUT2D eigenvalue weighted by Crippen LogP contribution is -2.15. The zero-order valence-electron chi connectivity index (χ0n) is 17.2. The zero-order valence-corrected chi connectivity index (χ0v) is 17.2. The Morgan fingerprint density at radius 3 is 2.40 bits per heavy atom. The predicted molar refractivity (Wildman–Crippen MR) is 114 cm³/mol. The molecule has 1 heterocycles. The van der Waals surface area contributed by atoms with Gasteiger partial charge in [-0.2, -0.15) is 0 Å². The van der Waals surface area contributed by atoms with E-state index in [9.17, 15) is 14.4 Å². The van der Waals surface area contributed by atoms with Crippen molar-refractivity contribution < 1.29 is 23.9 Å². The van der Waals surface area contributed by atoms with Crippen molar-refractivity contribution in [1.82, 2.24) is 4.98 Å². The second-order valence-corrected chi connectivity index (χ2v) is 7.05. The maximum atomic E-state index is 12.5. The highest BCUT2D eigenvalue weighted by molar-refractivity contribution is 6.10. The first-order chi connectivity index (χ1) is 14.5. The van der Waals surface area contributed by atoms with Gasteiger partial charge in [0.25, 0.3) is 0 Å². The van der Waals surface area contributed by atoms with Gasteiger partial charge in [-0.1, -0.05) is 25.1 Å². The molecule has 1 N–H and O–H groups in total. The van der Waals surface area contributed by atoms with Crippen LogP contribution in [0.5, 0.6) is 5.75 Å². The fourth-order valence-corrected chi connectivity index (χ4v) is 3.24. The lowest BCUT2D eigenvalue weighted by Gasteiger charge is -2.06. The number of benzene rings is 2. The summed E-state index contributed by atoms with van der Waals surface area (Å²) in [6, 6.07) is 14.3. The van der Waals surface area contributed by atoms with Crippen LogP contribution in [-0.4, -0.2) is 35.7 Å². The van der Waals surface area contributed by atoms with Gasteiger partial charge in [0, 0.05) is 34.1 Å². The number of aryl methyl sites for hydroxylation is 1. The third-order valence-electron chi connectivity index (χ3n) is 4.74. The van der Waals surface area contributed by atoms with E-state index in [0.29, 0.717) is 23.5 Å². The molecule has 0 radical (unpaired) electrons. The summed E-state index contributed by atoms with van der Waals surface area (Å²) in [7, 11) is 0. The molecule has 0 saturated carbocycles. The highest BCUT2D eigenvalue weighted by Gasteiger charge is 2.18. The molecule has 0 bridgehead atoms. The number of H-pyrrole nitrogens is 1. The SMILES string of the molecule is CCCOc1ccc(C(=O)CCC(=O)OCC(=O)c2c(C)[nH]c3ccccc23)cc1. The van der Waals surface area contributed by atoms with Crippen molar-refractivity contribution in [1.29, 1.82) is 0 Å². The van der Waals surface area contributed by atoms with Gasteiger partial charge in [0.2, 0.25) is 5.78 Å². The zero-order chi connectivity index (χ0) is 21.5. The number of Topliss-reactive ketones (excluding diaryl/α,β-unsaturated/α-hetero) is 2. The number of esters is 1. The number of ketones is 2. The number of fused-ring (bicyclic) bond motifs is 1. The van der Waals surface area contributed by atoms with E-state index in [1.807, 2.05) is 38.1 Å². The summed E-state index contributed by atoms with van der Waals surface area (Å²) in [4.78, 5) is 40.0. The largest absolute Gasteiger partial charge is 0.494 e. The molecular weight excluding hydrogens is 382 g/mol. The van der Waals surface area contributed by atoms with Crippen molar-refractivity contribution in [3.05, 3.63) is 65.4 Å². The summed E-state index contributed by atoms with van der Waals surface area (Å²) >= 11 is 0. The van der Waals surface area contributed by atoms with Crippen LogP contribution in [0.25, 0.3) is 10.9 Å². The first kappa shape index (κ1) is 21.3. The summed E-state index contributed by atoms with van der Waals surface area (Å²) in [6.45, 7) is 4.10. The number of aromatic amines is 1. The number of nitrogens with one attached hydrogen (secondary N) is 1. The van der Waals surface area contributed by atoms with E-state index >= 15 is 0 Å². The Kier molecular flexibility index (Phi) is 7.01. The molecule has 0 aliphatic heterocycles. The minimum absolute atomic E-state index is 0.0221. The Morgan fingerprint density at radius 2 is 1.67 bits per heavy atom. The first-order valence-electron chi connectivity index (χ1n) is 10.0. The molecule has 0 aliphatic carbocycles. The van der Waals surface area contributed by atoms with Crippen molar-refractivity contribution in [2.75, 3.05) is 13.2 Å². The fourth-order valence-electron chi connectivity index (χ4n) is 3.24. The van der Waals surface area contributed by atoms with Crippen LogP contribution in [-0.2, 0) is 9.53 Å². The molecule has 0 spiro atoms. The van der Waals surface area contributed by atoms with Crippen LogP contribution in [0.15, 0.2) is 48.5 Å². The minimum Gasteiger partial charge on any atom is -0.494 e. The van der Waals surface area contributed by atoms with E-state index < -0.39 is 5.97 Å². The smallest absolute Gasteiger partial charge is 0.306 e. The Hall–Kier alpha value is -3.41. The van der Waals surface area contributed by atoms with E-state index in [2.05, 4.69) is 4.98 Å². The summed E-state index contributed by atoms with van der Waals surface area (Å²) < 4.78 is 10.6. The number of hydrogen-bond donors (Lipinski definition) is 1. The first-order valence-corrected chi connectivity index (χ1v) is 10.0. The molecule has 0 aliphatic rings. The maximum Gasteiger partial charge on any atom is 0.306 e. The van der Waals surface area contributed by atoms with Crippen molar-refractivity contribution in [3.63, 3.8) is 0 Å². The van der Waals surface area contributed by atoms with E-state index in [1.54, 1.807) is 24.3 Å². The molecule has 0 unspecified atom stereocenters. The second kappa shape index (κ2) is 9.87. The number of aromatic nitrogens is 1. The standard InChI is InChI=1S/C24H25NO5/c1-3-14-29-18-10-8-17(9-11-18)21(26)12-13-23(28)30-15-22(27)24-16(2)25-20-7-5-4-6-19(20)24/h4-11,25H,3,12-15H2,1-2H3. The third kappa shape index (κ3) is 5.14. The van der Waals surface area contributed by atoms with Gasteiger partial charge in [0.15, 0.2) is 12.4 Å². The minimum atomic E-state index is -0.572. The molecular formula is C24H25NO5. The molecule has 0 atom stereocenters. The van der Waals surface area contributed by atoms with Gasteiger partial charge in [0.1, 0.15) is 5.75 Å². The average molecular weight is 407 g/mol. The molecule has 3 aromatic rings. The lowest BCUT2D eigenvalue weighted by molar-refractivity contribution is -0.142. The highest BCUT2D eigenvalue weighted by atomic mass is 16.5. The summed E-state index contributed by atoms with van der Waals surface area (Å²) in [5.74, 6) is -0.295. The number of para-hydroxylation sites is 1. The van der Waals surface area contributed by atoms with E-state index in [0.717, 1.165) is 23.0 Å². The van der Waals surface area contributed by atoms with Crippen LogP contribution in [0.1, 0.15) is 52.6 Å². The maximum absolute atomic E-state index is 12.5. The van der Waals surface area contributed by atoms with Crippen molar-refractivity contribution in [2.45, 2.75) is 33.1 Å². The molecule has 1 aromatic heterocycles. The number of carbonyl (C=O) groups is 3. The number of carbonyl (C=O) groups excluding carboxylic acids is 3. The van der Waals surface area contributed by atoms with Crippen molar-refractivity contribution in [2.24, 2.45) is 0 Å². The lowest BCUT2D eigenvalue weighted by atomic mass is 10.1. The normalized spacial score (nSPS) is 10.7. The Labute approximate surface area is 175 Å². The number of rotatable bonds is 10. The summed E-state index contributed by atoms with van der Waals surface area (Å²) in [5.41, 5.74) is 2.64. The quantitative estimate of drug-likeness (QED) is 0.390. The van der Waals surface area contributed by atoms with Gasteiger partial charge in [0.05, 0.1) is 13.0 Å². The van der Waals surface area contributed by atoms with E-state index in [4.69, 9.17) is 9.47 Å². The molecule has 2 aromatic carbocycles. The average Bonchev–Trinajstić information content (AvgIpc) is 3.10. The number of ether oxygens (including phenoxy) is 2. The van der Waals surface area contributed by atoms with Crippen LogP contribution < -0.4 is 4.74 Å². The molecule has 156 valence electrons. The van der Waals surface area contributed by atoms with Crippen LogP contribution >= 0.6 is 0 Å². The Balaban J connectivity index is 1.49. The van der Waals surface area contributed by atoms with Gasteiger partial charge < -0.3 is 14.5 Å². The molecule has 0 amide bonds. The third-order valence-corrected chi connectivity index (χ3v) is 4.74. The topological polar surface area (TPSA) is 85.5 Å². The van der Waals surface area contributed by atoms with Gasteiger partial charge >= 0.3 is 5.97 Å². The van der Waals surface area contributed by atoms with Gasteiger partial charge in [-0.3, -0.25) is 14.4 Å². The second-order valence-electron chi connectivity index (χ2n) is 7.05. The van der Waals surface area contributed by atoms with Crippen molar-refractivity contribution >= 4 is 28.4 Å². The molecule has 6 heteroatoms. The van der Waals surface area contributed by atoms with Crippen molar-refractivity contribution in [3.8, 4) is 5.75 Å². The van der Waals surface area contributed by atoms with Crippen LogP contribution in [0.4, 0.5) is 0 Å². The van der Waals surface area contributed by atoms with Crippen LogP contribution in [0, 0.1) is 6.92 Å². The Bertz CT molecular complexity index is 1050. The monoisotopic (exact) mass is 407 g/mol. The molecule has 0 fully saturated rings. The van der Waals surface area contributed by atoms with E-state index in [-0.39, 0.29) is 31.0 Å². The predicted octanol–water partition coefficient (Wildman–Crippen LogP) is 4.65. The van der Waals surface area contributed by atoms with Gasteiger partial charge in [-0.15, -0.1) is 0 Å². The van der Waals surface area contributed by atoms with Crippen LogP contribution in [0.3, 0.4) is 0 Å². The van der Waals surface area contributed by atoms with E-state index in [1.165, 1.54) is 0 Å². The van der Waals surface area contributed by atoms with Gasteiger partial charge in [-0.05, 0) is 43.7 Å². The van der Waals surface area contributed by atoms with Crippen LogP contribution in [0.2, 0.25) is 0 Å². The molecule has 0 saturated heterocycles. The molecule has 6 nitrogen and oxygen atoms in total. The fraction of sp³-hybridized carbons (Fsp3) is 0.292. The molecule has 30 heavy (non-hydrogen) atoms. The number of hydrogen-bond acceptors (Lipinski definition) is 5. The Morgan fingerprint density at radius 1 is 0.933 bits per heavy atom.